The number of piperidine rings is 1. The number of carbonyl (C=O) groups is 1. The molecule has 1 aromatic carbocycles. The van der Waals surface area contributed by atoms with Gasteiger partial charge in [0.1, 0.15) is 11.5 Å². The molecule has 0 bridgehead atoms. The highest BCUT2D eigenvalue weighted by Crippen LogP contribution is 2.29. The van der Waals surface area contributed by atoms with E-state index in [0.29, 0.717) is 5.75 Å². The predicted octanol–water partition coefficient (Wildman–Crippen LogP) is 3.11. The second kappa shape index (κ2) is 6.37. The summed E-state index contributed by atoms with van der Waals surface area (Å²) in [5, 5.41) is 0. The molecule has 116 valence electrons. The number of rotatable bonds is 4. The first-order valence-corrected chi connectivity index (χ1v) is 7.51. The van der Waals surface area contributed by atoms with Crippen LogP contribution in [0.4, 0.5) is 0 Å². The van der Waals surface area contributed by atoms with Crippen molar-refractivity contribution in [2.24, 2.45) is 5.41 Å². The molecule has 1 amide bonds. The summed E-state index contributed by atoms with van der Waals surface area (Å²) in [5.74, 6) is 1.45. The minimum Gasteiger partial charge on any atom is -0.497 e. The minimum absolute atomic E-state index is 0.0607. The third kappa shape index (κ3) is 4.13. The van der Waals surface area contributed by atoms with E-state index in [4.69, 9.17) is 9.47 Å². The maximum atomic E-state index is 12.5. The number of methoxy groups -OCH3 is 1. The van der Waals surface area contributed by atoms with Crippen molar-refractivity contribution >= 4 is 5.91 Å². The summed E-state index contributed by atoms with van der Waals surface area (Å²) >= 11 is 0. The Bertz CT molecular complexity index is 499. The van der Waals surface area contributed by atoms with Gasteiger partial charge in [0, 0.05) is 19.2 Å². The van der Waals surface area contributed by atoms with E-state index in [1.807, 2.05) is 30.0 Å². The lowest BCUT2D eigenvalue weighted by Gasteiger charge is -2.39. The maximum absolute atomic E-state index is 12.5. The number of carbonyl (C=O) groups excluding carboxylic acids is 1. The Morgan fingerprint density at radius 3 is 2.71 bits per heavy atom. The highest BCUT2D eigenvalue weighted by atomic mass is 16.5. The molecule has 1 aliphatic heterocycles. The van der Waals surface area contributed by atoms with E-state index in [-0.39, 0.29) is 11.3 Å². The monoisotopic (exact) mass is 291 g/mol. The molecule has 1 heterocycles. The van der Waals surface area contributed by atoms with Crippen LogP contribution in [0.1, 0.15) is 33.6 Å². The van der Waals surface area contributed by atoms with E-state index >= 15 is 0 Å². The second-order valence-electron chi connectivity index (χ2n) is 6.47. The molecule has 1 aromatic rings. The van der Waals surface area contributed by atoms with Gasteiger partial charge in [-0.3, -0.25) is 4.79 Å². The van der Waals surface area contributed by atoms with Gasteiger partial charge < -0.3 is 14.4 Å². The van der Waals surface area contributed by atoms with E-state index in [9.17, 15) is 4.79 Å². The van der Waals surface area contributed by atoms with Gasteiger partial charge in [-0.05, 0) is 37.3 Å². The van der Waals surface area contributed by atoms with E-state index in [1.54, 1.807) is 13.2 Å². The molecule has 0 saturated carbocycles. The summed E-state index contributed by atoms with van der Waals surface area (Å²) in [6.45, 7) is 7.86. The van der Waals surface area contributed by atoms with Crippen molar-refractivity contribution in [1.82, 2.24) is 4.90 Å². The van der Waals surface area contributed by atoms with Crippen molar-refractivity contribution in [3.05, 3.63) is 24.3 Å². The Kier molecular flexibility index (Phi) is 4.76. The number of likely N-dealkylation sites (tertiary alicyclic amines) is 1. The van der Waals surface area contributed by atoms with Gasteiger partial charge >= 0.3 is 0 Å². The lowest BCUT2D eigenvalue weighted by atomic mass is 9.84. The molecule has 2 rings (SSSR count). The zero-order chi connectivity index (χ0) is 15.5. The Labute approximate surface area is 127 Å². The van der Waals surface area contributed by atoms with Crippen LogP contribution < -0.4 is 9.47 Å². The molecule has 4 nitrogen and oxygen atoms in total. The average Bonchev–Trinajstić information content (AvgIpc) is 2.45. The number of benzene rings is 1. The third-order valence-corrected chi connectivity index (χ3v) is 3.91. The standard InChI is InChI=1S/C17H25NO3/c1-13(21-15-8-5-7-14(11-15)20-4)16(19)18-10-6-9-17(2,3)12-18/h5,7-8,11,13H,6,9-10,12H2,1-4H3/t13-/m1/s1. The lowest BCUT2D eigenvalue weighted by molar-refractivity contribution is -0.141. The van der Waals surface area contributed by atoms with Gasteiger partial charge in [-0.25, -0.2) is 0 Å². The SMILES string of the molecule is COc1cccc(O[C@H](C)C(=O)N2CCCC(C)(C)C2)c1. The molecule has 1 atom stereocenters. The number of hydrogen-bond acceptors (Lipinski definition) is 3. The van der Waals surface area contributed by atoms with Crippen LogP contribution in [0.15, 0.2) is 24.3 Å². The molecule has 1 saturated heterocycles. The Balaban J connectivity index is 1.98. The van der Waals surface area contributed by atoms with E-state index in [2.05, 4.69) is 13.8 Å². The largest absolute Gasteiger partial charge is 0.497 e. The molecule has 0 spiro atoms. The third-order valence-electron chi connectivity index (χ3n) is 3.91. The Morgan fingerprint density at radius 2 is 2.05 bits per heavy atom. The Morgan fingerprint density at radius 1 is 1.33 bits per heavy atom. The average molecular weight is 291 g/mol. The number of hydrogen-bond donors (Lipinski definition) is 0. The first-order chi connectivity index (χ1) is 9.91. The number of amides is 1. The van der Waals surface area contributed by atoms with Crippen LogP contribution >= 0.6 is 0 Å². The molecule has 1 aliphatic rings. The van der Waals surface area contributed by atoms with Crippen molar-refractivity contribution in [2.75, 3.05) is 20.2 Å². The zero-order valence-electron chi connectivity index (χ0n) is 13.4. The molecular formula is C17H25NO3. The van der Waals surface area contributed by atoms with Crippen molar-refractivity contribution in [3.8, 4) is 11.5 Å². The number of ether oxygens (including phenoxy) is 2. The first-order valence-electron chi connectivity index (χ1n) is 7.51. The van der Waals surface area contributed by atoms with Crippen molar-refractivity contribution in [3.63, 3.8) is 0 Å². The van der Waals surface area contributed by atoms with E-state index < -0.39 is 6.10 Å². The molecule has 0 radical (unpaired) electrons. The van der Waals surface area contributed by atoms with Gasteiger partial charge in [-0.15, -0.1) is 0 Å². The van der Waals surface area contributed by atoms with Crippen LogP contribution in [0, 0.1) is 5.41 Å². The Hall–Kier alpha value is -1.71. The molecule has 0 aliphatic carbocycles. The van der Waals surface area contributed by atoms with Gasteiger partial charge in [0.2, 0.25) is 0 Å². The fourth-order valence-corrected chi connectivity index (χ4v) is 2.80. The van der Waals surface area contributed by atoms with Gasteiger partial charge in [-0.1, -0.05) is 19.9 Å². The molecular weight excluding hydrogens is 266 g/mol. The van der Waals surface area contributed by atoms with Gasteiger partial charge in [0.25, 0.3) is 5.91 Å². The lowest BCUT2D eigenvalue weighted by Crippen LogP contribution is -2.48. The fourth-order valence-electron chi connectivity index (χ4n) is 2.80. The van der Waals surface area contributed by atoms with Crippen LogP contribution in [-0.2, 0) is 4.79 Å². The summed E-state index contributed by atoms with van der Waals surface area (Å²) in [6.07, 6.45) is 1.75. The molecule has 0 N–H and O–H groups in total. The smallest absolute Gasteiger partial charge is 0.263 e. The molecule has 21 heavy (non-hydrogen) atoms. The quantitative estimate of drug-likeness (QED) is 0.855. The summed E-state index contributed by atoms with van der Waals surface area (Å²) in [6, 6.07) is 7.35. The summed E-state index contributed by atoms with van der Waals surface area (Å²) in [5.41, 5.74) is 0.198. The van der Waals surface area contributed by atoms with Crippen molar-refractivity contribution < 1.29 is 14.3 Å². The minimum atomic E-state index is -0.481. The van der Waals surface area contributed by atoms with Crippen LogP contribution in [-0.4, -0.2) is 37.1 Å². The molecule has 0 unspecified atom stereocenters. The summed E-state index contributed by atoms with van der Waals surface area (Å²) < 4.78 is 10.9. The maximum Gasteiger partial charge on any atom is 0.263 e. The molecule has 1 fully saturated rings. The molecule has 0 aromatic heterocycles. The highest BCUT2D eigenvalue weighted by molar-refractivity contribution is 5.81. The van der Waals surface area contributed by atoms with E-state index in [0.717, 1.165) is 25.3 Å². The van der Waals surface area contributed by atoms with E-state index in [1.165, 1.54) is 6.42 Å². The van der Waals surface area contributed by atoms with Crippen LogP contribution in [0.2, 0.25) is 0 Å². The topological polar surface area (TPSA) is 38.8 Å². The number of nitrogens with zero attached hydrogens (tertiary/aromatic N) is 1. The summed E-state index contributed by atoms with van der Waals surface area (Å²) in [7, 11) is 1.61. The van der Waals surface area contributed by atoms with Crippen LogP contribution in [0.3, 0.4) is 0 Å². The highest BCUT2D eigenvalue weighted by Gasteiger charge is 2.31. The zero-order valence-corrected chi connectivity index (χ0v) is 13.4. The van der Waals surface area contributed by atoms with Crippen molar-refractivity contribution in [1.29, 1.82) is 0 Å². The van der Waals surface area contributed by atoms with Gasteiger partial charge in [0.15, 0.2) is 6.10 Å². The van der Waals surface area contributed by atoms with Crippen LogP contribution in [0.5, 0.6) is 11.5 Å². The molecule has 4 heteroatoms. The summed E-state index contributed by atoms with van der Waals surface area (Å²) in [4.78, 5) is 14.4. The van der Waals surface area contributed by atoms with Gasteiger partial charge in [-0.2, -0.15) is 0 Å². The fraction of sp³-hybridized carbons (Fsp3) is 0.588. The predicted molar refractivity (Wildman–Crippen MR) is 82.7 cm³/mol. The van der Waals surface area contributed by atoms with Crippen LogP contribution in [0.25, 0.3) is 0 Å². The van der Waals surface area contributed by atoms with Gasteiger partial charge in [0.05, 0.1) is 7.11 Å². The normalized spacial score (nSPS) is 19.0. The van der Waals surface area contributed by atoms with Crippen molar-refractivity contribution in [2.45, 2.75) is 39.7 Å². The second-order valence-corrected chi connectivity index (χ2v) is 6.47. The first kappa shape index (κ1) is 15.7.